The highest BCUT2D eigenvalue weighted by Crippen LogP contribution is 2.33. The summed E-state index contributed by atoms with van der Waals surface area (Å²) in [4.78, 5) is 13.5. The van der Waals surface area contributed by atoms with Gasteiger partial charge in [-0.2, -0.15) is 0 Å². The number of unbranched alkanes of at least 4 members (excludes halogenated alkanes) is 26. The maximum absolute atomic E-state index is 13.5. The second kappa shape index (κ2) is 61.4. The average Bonchev–Trinajstić information content (AvgIpc) is 0.783. The lowest BCUT2D eigenvalue weighted by atomic mass is 9.96. The van der Waals surface area contributed by atoms with Gasteiger partial charge in [0.25, 0.3) is 0 Å². The van der Waals surface area contributed by atoms with Crippen LogP contribution in [0.4, 0.5) is 0 Å². The molecule has 3 fully saturated rings. The number of hydrogen-bond acceptors (Lipinski definition) is 18. The van der Waals surface area contributed by atoms with Gasteiger partial charge in [-0.05, 0) is 89.9 Å². The predicted octanol–water partition coefficient (Wildman–Crippen LogP) is 12.7. The van der Waals surface area contributed by atoms with Crippen LogP contribution < -0.4 is 5.32 Å². The van der Waals surface area contributed by atoms with E-state index in [9.17, 15) is 61.0 Å². The first kappa shape index (κ1) is 91.4. The van der Waals surface area contributed by atoms with Crippen LogP contribution in [-0.4, -0.2) is 193 Å². The van der Waals surface area contributed by atoms with E-state index in [4.69, 9.17) is 28.4 Å². The van der Waals surface area contributed by atoms with Gasteiger partial charge in [-0.25, -0.2) is 0 Å². The highest BCUT2D eigenvalue weighted by molar-refractivity contribution is 5.76. The van der Waals surface area contributed by atoms with Gasteiger partial charge in [0.15, 0.2) is 18.9 Å². The fourth-order valence-corrected chi connectivity index (χ4v) is 12.5. The van der Waals surface area contributed by atoms with Crippen molar-refractivity contribution in [3.8, 4) is 0 Å². The zero-order chi connectivity index (χ0) is 73.2. The van der Waals surface area contributed by atoms with Gasteiger partial charge in [0.1, 0.15) is 73.2 Å². The molecule has 19 nitrogen and oxygen atoms in total. The van der Waals surface area contributed by atoms with Crippen LogP contribution in [0.3, 0.4) is 0 Å². The molecule has 0 aromatic heterocycles. The van der Waals surface area contributed by atoms with E-state index in [-0.39, 0.29) is 18.9 Å². The molecule has 19 heteroatoms. The summed E-state index contributed by atoms with van der Waals surface area (Å²) >= 11 is 0. The van der Waals surface area contributed by atoms with Crippen molar-refractivity contribution in [2.45, 2.75) is 362 Å². The first-order chi connectivity index (χ1) is 49.3. The SMILES string of the molecule is CC/C=C\C/C=C\C/C=C\C/C=C\C/C=C\C/C=C\C/C=C\C/C=C\C/C=C\CCCCCCCC(=O)NC(COC1OC(CO)C(OC2OC(CO)C(OC3OC(CO)C(O)C(O)C3O)C(O)C2O)C(O)C1O)C(O)/C=C/CCCCCCCCCCCCCCCCCCCCCCC. The van der Waals surface area contributed by atoms with Gasteiger partial charge in [0.2, 0.25) is 5.91 Å². The number of carbonyl (C=O) groups excluding carboxylic acids is 1. The normalized spacial score (nSPS) is 27.0. The molecule has 17 atom stereocenters. The molecule has 3 aliphatic rings. The first-order valence-electron chi connectivity index (χ1n) is 39.3. The minimum absolute atomic E-state index is 0.213. The molecule has 580 valence electrons. The van der Waals surface area contributed by atoms with Crippen LogP contribution in [0.2, 0.25) is 0 Å². The Morgan fingerprint density at radius 1 is 0.366 bits per heavy atom. The van der Waals surface area contributed by atoms with Crippen molar-refractivity contribution >= 4 is 5.91 Å². The van der Waals surface area contributed by atoms with Crippen molar-refractivity contribution in [2.24, 2.45) is 0 Å². The molecule has 0 radical (unpaired) electrons. The minimum Gasteiger partial charge on any atom is -0.394 e. The maximum Gasteiger partial charge on any atom is 0.220 e. The van der Waals surface area contributed by atoms with Crippen molar-refractivity contribution in [2.75, 3.05) is 26.4 Å². The second-order valence-electron chi connectivity index (χ2n) is 27.4. The smallest absolute Gasteiger partial charge is 0.220 e. The molecule has 3 rings (SSSR count). The van der Waals surface area contributed by atoms with Gasteiger partial charge < -0.3 is 89.9 Å². The van der Waals surface area contributed by atoms with E-state index in [0.717, 1.165) is 116 Å². The Balaban J connectivity index is 1.41. The van der Waals surface area contributed by atoms with Crippen LogP contribution in [0.15, 0.2) is 122 Å². The van der Waals surface area contributed by atoms with E-state index in [0.29, 0.717) is 6.42 Å². The number of ether oxygens (including phenoxy) is 6. The molecule has 3 saturated heterocycles. The van der Waals surface area contributed by atoms with E-state index < -0.39 is 124 Å². The van der Waals surface area contributed by atoms with E-state index in [1.807, 2.05) is 6.08 Å². The Morgan fingerprint density at radius 2 is 0.683 bits per heavy atom. The molecule has 17 unspecified atom stereocenters. The summed E-state index contributed by atoms with van der Waals surface area (Å²) in [5, 5.41) is 121. The minimum atomic E-state index is -1.99. The largest absolute Gasteiger partial charge is 0.394 e. The Labute approximate surface area is 608 Å². The third-order valence-corrected chi connectivity index (χ3v) is 18.8. The first-order valence-corrected chi connectivity index (χ1v) is 39.3. The number of aliphatic hydroxyl groups excluding tert-OH is 11. The molecule has 0 aromatic carbocycles. The van der Waals surface area contributed by atoms with E-state index >= 15 is 0 Å². The van der Waals surface area contributed by atoms with Gasteiger partial charge in [-0.1, -0.05) is 283 Å². The van der Waals surface area contributed by atoms with Crippen molar-refractivity contribution in [1.82, 2.24) is 5.32 Å². The lowest BCUT2D eigenvalue weighted by Gasteiger charge is -2.48. The monoisotopic (exact) mass is 1430 g/mol. The Kier molecular flexibility index (Phi) is 55.5. The van der Waals surface area contributed by atoms with Crippen molar-refractivity contribution in [3.63, 3.8) is 0 Å². The zero-order valence-electron chi connectivity index (χ0n) is 61.8. The zero-order valence-corrected chi connectivity index (χ0v) is 61.8. The fourth-order valence-electron chi connectivity index (χ4n) is 12.5. The molecule has 1 amide bonds. The van der Waals surface area contributed by atoms with E-state index in [2.05, 4.69) is 129 Å². The quantitative estimate of drug-likeness (QED) is 0.0199. The topological polar surface area (TPSA) is 307 Å². The van der Waals surface area contributed by atoms with Crippen LogP contribution in [0.25, 0.3) is 0 Å². The van der Waals surface area contributed by atoms with Crippen molar-refractivity contribution in [3.05, 3.63) is 122 Å². The van der Waals surface area contributed by atoms with Gasteiger partial charge >= 0.3 is 0 Å². The summed E-state index contributed by atoms with van der Waals surface area (Å²) in [6.07, 6.45) is 58.8. The molecule has 0 saturated carbocycles. The third kappa shape index (κ3) is 41.6. The summed E-state index contributed by atoms with van der Waals surface area (Å²) in [6.45, 7) is 1.62. The maximum atomic E-state index is 13.5. The van der Waals surface area contributed by atoms with Gasteiger partial charge in [0.05, 0.1) is 38.6 Å². The van der Waals surface area contributed by atoms with Gasteiger partial charge in [0, 0.05) is 6.42 Å². The Bertz CT molecular complexity index is 2300. The molecule has 3 aliphatic heterocycles. The lowest BCUT2D eigenvalue weighted by Crippen LogP contribution is -2.66. The molecule has 0 bridgehead atoms. The number of allylic oxidation sites excluding steroid dienone is 19. The molecule has 0 aliphatic carbocycles. The Morgan fingerprint density at radius 3 is 1.07 bits per heavy atom. The van der Waals surface area contributed by atoms with Crippen LogP contribution >= 0.6 is 0 Å². The van der Waals surface area contributed by atoms with Crippen molar-refractivity contribution < 1.29 is 89.4 Å². The number of aliphatic hydroxyl groups is 11. The molecular weight excluding hydrogens is 1290 g/mol. The summed E-state index contributed by atoms with van der Waals surface area (Å²) < 4.78 is 34.4. The van der Waals surface area contributed by atoms with Crippen LogP contribution in [-0.2, 0) is 33.2 Å². The molecular formula is C82H139NO18. The summed E-state index contributed by atoms with van der Waals surface area (Å²) in [6, 6.07) is -0.995. The second-order valence-corrected chi connectivity index (χ2v) is 27.4. The molecule has 101 heavy (non-hydrogen) atoms. The number of carbonyl (C=O) groups is 1. The number of nitrogens with one attached hydrogen (secondary N) is 1. The summed E-state index contributed by atoms with van der Waals surface area (Å²) in [5.41, 5.74) is 0. The number of amides is 1. The average molecular weight is 1430 g/mol. The summed E-state index contributed by atoms with van der Waals surface area (Å²) in [7, 11) is 0. The highest BCUT2D eigenvalue weighted by Gasteiger charge is 2.53. The van der Waals surface area contributed by atoms with E-state index in [1.165, 1.54) is 116 Å². The van der Waals surface area contributed by atoms with Crippen LogP contribution in [0.5, 0.6) is 0 Å². The molecule has 3 heterocycles. The van der Waals surface area contributed by atoms with Crippen molar-refractivity contribution in [1.29, 1.82) is 0 Å². The van der Waals surface area contributed by atoms with Gasteiger partial charge in [-0.15, -0.1) is 0 Å². The predicted molar refractivity (Wildman–Crippen MR) is 401 cm³/mol. The summed E-state index contributed by atoms with van der Waals surface area (Å²) in [5.74, 6) is -0.297. The van der Waals surface area contributed by atoms with Crippen LogP contribution in [0.1, 0.15) is 258 Å². The fraction of sp³-hybridized carbons (Fsp3) is 0.744. The number of hydrogen-bond donors (Lipinski definition) is 12. The highest BCUT2D eigenvalue weighted by atomic mass is 16.8. The van der Waals surface area contributed by atoms with Crippen LogP contribution in [0, 0.1) is 0 Å². The Hall–Kier alpha value is -3.81. The number of rotatable bonds is 60. The molecule has 12 N–H and O–H groups in total. The third-order valence-electron chi connectivity index (χ3n) is 18.8. The molecule has 0 aromatic rings. The van der Waals surface area contributed by atoms with E-state index in [1.54, 1.807) is 6.08 Å². The van der Waals surface area contributed by atoms with Gasteiger partial charge in [-0.3, -0.25) is 4.79 Å². The standard InChI is InChI=1S/C82H139NO18/c1-3-5-7-9-11-13-15-17-19-21-23-25-27-28-29-30-31-32-33-34-35-36-38-40-42-44-46-48-50-52-54-56-58-60-70(88)83-65(66(87)59-57-55-53-51-49-47-45-43-41-39-37-26-24-22-20-18-16-14-12-10-8-6-4-2)64-96-80-76(94)73(91)78(68(62-85)98-80)101-82-77(95)74(92)79(69(63-86)99-82)100-81-75(93)72(90)71(89)67(61-84)97-81/h5,7,11,13,17,19,23,25,28-29,31-32,34-35,38,40,44,46,57,59,65-69,71-82,84-87,89-95H,3-4,6,8-10,12,14-16,18,20-22,24,26-27,30,33,36-37,39,41-43,45,47-56,58,60-64H2,1-2H3,(H,83,88)/b7-5-,13-11-,19-17-,25-23-,29-28-,32-31-,35-34-,40-38-,46-44-,59-57+. The lowest BCUT2D eigenvalue weighted by molar-refractivity contribution is -0.379. The molecule has 0 spiro atoms.